The molecule has 0 saturated carbocycles. The van der Waals surface area contributed by atoms with E-state index >= 15 is 0 Å². The first-order chi connectivity index (χ1) is 18.0. The molecule has 0 saturated heterocycles. The summed E-state index contributed by atoms with van der Waals surface area (Å²) in [5.74, 6) is -2.13. The number of rotatable bonds is 8. The number of anilines is 2. The molecular weight excluding hydrogens is 586 g/mol. The van der Waals surface area contributed by atoms with Gasteiger partial charge < -0.3 is 10.5 Å². The molecular formula is C23H20Cl2F3N5O5S. The molecule has 2 amide bonds. The molecule has 0 unspecified atom stereocenters. The van der Waals surface area contributed by atoms with E-state index in [4.69, 9.17) is 28.9 Å². The van der Waals surface area contributed by atoms with Crippen molar-refractivity contribution in [3.63, 3.8) is 0 Å². The standard InChI is InChI=1S/C23H20Cl2F3N5O5S/c1-12(19(29)34)31-39(36,37)18-11-30-21-32(16-8-14(24)7-15(25)9-16)20(35)22(2,33(18)21)10-13-3-5-17(6-4-13)38-23(26,27)28/h3-9,11-12,31H,10H2,1-2H3,(H2,29,34)/t12-,22-/m1/s1. The number of carbonyl (C=O) groups excluding carboxylic acids is 2. The lowest BCUT2D eigenvalue weighted by Gasteiger charge is -2.27. The van der Waals surface area contributed by atoms with E-state index < -0.39 is 50.6 Å². The largest absolute Gasteiger partial charge is 0.573 e. The molecule has 0 bridgehead atoms. The van der Waals surface area contributed by atoms with Crippen LogP contribution in [0.4, 0.5) is 24.8 Å². The zero-order valence-electron chi connectivity index (χ0n) is 20.2. The number of primary amides is 1. The second-order valence-corrected chi connectivity index (χ2v) is 11.4. The van der Waals surface area contributed by atoms with Crippen LogP contribution in [0, 0.1) is 0 Å². The molecule has 1 aliphatic heterocycles. The van der Waals surface area contributed by atoms with E-state index in [2.05, 4.69) is 14.4 Å². The Hall–Kier alpha value is -3.33. The summed E-state index contributed by atoms with van der Waals surface area (Å²) in [4.78, 5) is 30.8. The Bertz CT molecular complexity index is 1540. The van der Waals surface area contributed by atoms with E-state index in [1.165, 1.54) is 48.7 Å². The van der Waals surface area contributed by atoms with Crippen molar-refractivity contribution in [2.24, 2.45) is 5.73 Å². The molecule has 39 heavy (non-hydrogen) atoms. The number of nitrogens with two attached hydrogens (primary N) is 1. The van der Waals surface area contributed by atoms with Gasteiger partial charge in [0.25, 0.3) is 15.9 Å². The number of sulfonamides is 1. The van der Waals surface area contributed by atoms with Gasteiger partial charge in [-0.15, -0.1) is 13.2 Å². The first kappa shape index (κ1) is 28.7. The molecule has 208 valence electrons. The molecule has 2 aromatic carbocycles. The van der Waals surface area contributed by atoms with Crippen molar-refractivity contribution in [1.29, 1.82) is 0 Å². The molecule has 0 radical (unpaired) electrons. The van der Waals surface area contributed by atoms with E-state index in [1.807, 2.05) is 0 Å². The maximum absolute atomic E-state index is 14.0. The molecule has 16 heteroatoms. The van der Waals surface area contributed by atoms with Crippen LogP contribution in [0.1, 0.15) is 19.4 Å². The average molecular weight is 606 g/mol. The van der Waals surface area contributed by atoms with E-state index in [9.17, 15) is 31.2 Å². The van der Waals surface area contributed by atoms with Crippen LogP contribution >= 0.6 is 23.2 Å². The van der Waals surface area contributed by atoms with Crippen LogP contribution in [0.3, 0.4) is 0 Å². The molecule has 3 aromatic rings. The van der Waals surface area contributed by atoms with Crippen LogP contribution in [0.15, 0.2) is 53.7 Å². The minimum absolute atomic E-state index is 0.0926. The van der Waals surface area contributed by atoms with Gasteiger partial charge in [-0.05, 0) is 49.7 Å². The van der Waals surface area contributed by atoms with Gasteiger partial charge >= 0.3 is 6.36 Å². The monoisotopic (exact) mass is 605 g/mol. The maximum Gasteiger partial charge on any atom is 0.573 e. The SMILES string of the molecule is C[C@@H](NS(=O)(=O)c1cnc2n1[C@](C)(Cc1ccc(OC(F)(F)F)cc1)C(=O)N2c1cc(Cl)cc(Cl)c1)C(N)=O. The molecule has 1 aliphatic rings. The Kier molecular flexibility index (Phi) is 7.36. The number of carbonyl (C=O) groups is 2. The number of nitrogens with one attached hydrogen (secondary N) is 1. The number of alkyl halides is 3. The number of aromatic nitrogens is 2. The molecule has 1 aromatic heterocycles. The summed E-state index contributed by atoms with van der Waals surface area (Å²) in [5, 5.41) is -0.0572. The number of amides is 2. The fourth-order valence-electron chi connectivity index (χ4n) is 4.18. The lowest BCUT2D eigenvalue weighted by atomic mass is 9.92. The van der Waals surface area contributed by atoms with Gasteiger partial charge in [0, 0.05) is 16.5 Å². The highest BCUT2D eigenvalue weighted by Crippen LogP contribution is 2.44. The van der Waals surface area contributed by atoms with Crippen molar-refractivity contribution in [2.45, 2.75) is 43.2 Å². The van der Waals surface area contributed by atoms with E-state index in [0.29, 0.717) is 5.56 Å². The number of benzene rings is 2. The van der Waals surface area contributed by atoms with Crippen LogP contribution in [0.25, 0.3) is 0 Å². The van der Waals surface area contributed by atoms with Crippen LogP contribution in [0.5, 0.6) is 5.75 Å². The molecule has 3 N–H and O–H groups in total. The fourth-order valence-corrected chi connectivity index (χ4v) is 6.11. The number of nitrogens with zero attached hydrogens (tertiary/aromatic N) is 3. The zero-order valence-corrected chi connectivity index (χ0v) is 22.5. The van der Waals surface area contributed by atoms with E-state index in [-0.39, 0.29) is 28.1 Å². The Labute approximate surface area is 230 Å². The summed E-state index contributed by atoms with van der Waals surface area (Å²) in [6, 6.07) is 7.79. The molecule has 10 nitrogen and oxygen atoms in total. The normalized spacial score (nSPS) is 18.2. The Morgan fingerprint density at radius 1 is 1.18 bits per heavy atom. The highest BCUT2D eigenvalue weighted by molar-refractivity contribution is 7.89. The second-order valence-electron chi connectivity index (χ2n) is 8.89. The van der Waals surface area contributed by atoms with Crippen LogP contribution < -0.4 is 20.1 Å². The molecule has 0 spiro atoms. The molecule has 0 fully saturated rings. The van der Waals surface area contributed by atoms with Gasteiger partial charge in [-0.2, -0.15) is 4.72 Å². The highest BCUT2D eigenvalue weighted by Gasteiger charge is 2.52. The van der Waals surface area contributed by atoms with E-state index in [1.54, 1.807) is 0 Å². The van der Waals surface area contributed by atoms with Crippen LogP contribution in [-0.2, 0) is 31.6 Å². The number of imidazole rings is 1. The maximum atomic E-state index is 14.0. The van der Waals surface area contributed by atoms with Crippen molar-refractivity contribution >= 4 is 56.7 Å². The van der Waals surface area contributed by atoms with Crippen molar-refractivity contribution < 1.29 is 35.9 Å². The summed E-state index contributed by atoms with van der Waals surface area (Å²) < 4.78 is 71.5. The number of halogens is 5. The number of fused-ring (bicyclic) bond motifs is 1. The topological polar surface area (TPSA) is 137 Å². The Morgan fingerprint density at radius 3 is 2.31 bits per heavy atom. The third kappa shape index (κ3) is 5.69. The second kappa shape index (κ2) is 10.0. The minimum atomic E-state index is -4.89. The lowest BCUT2D eigenvalue weighted by molar-refractivity contribution is -0.274. The van der Waals surface area contributed by atoms with Crippen LogP contribution in [-0.4, -0.2) is 42.2 Å². The first-order valence-electron chi connectivity index (χ1n) is 11.1. The quantitative estimate of drug-likeness (QED) is 0.400. The predicted molar refractivity (Wildman–Crippen MR) is 135 cm³/mol. The van der Waals surface area contributed by atoms with E-state index in [0.717, 1.165) is 23.2 Å². The van der Waals surface area contributed by atoms with Crippen molar-refractivity contribution in [2.75, 3.05) is 4.90 Å². The number of ether oxygens (including phenoxy) is 1. The zero-order chi connectivity index (χ0) is 28.9. The summed E-state index contributed by atoms with van der Waals surface area (Å²) >= 11 is 12.3. The molecule has 4 rings (SSSR count). The minimum Gasteiger partial charge on any atom is -0.406 e. The smallest absolute Gasteiger partial charge is 0.406 e. The van der Waals surface area contributed by atoms with Gasteiger partial charge in [0.15, 0.2) is 5.03 Å². The summed E-state index contributed by atoms with van der Waals surface area (Å²) in [5.41, 5.74) is 4.13. The van der Waals surface area contributed by atoms with Gasteiger partial charge in [0.05, 0.1) is 17.9 Å². The van der Waals surface area contributed by atoms with Gasteiger partial charge in [-0.3, -0.25) is 14.2 Å². The molecule has 2 heterocycles. The Balaban J connectivity index is 1.84. The third-order valence-electron chi connectivity index (χ3n) is 5.91. The summed E-state index contributed by atoms with van der Waals surface area (Å²) in [6.45, 7) is 2.69. The predicted octanol–water partition coefficient (Wildman–Crippen LogP) is 3.88. The number of hydrogen-bond acceptors (Lipinski definition) is 6. The summed E-state index contributed by atoms with van der Waals surface area (Å²) in [7, 11) is -4.45. The van der Waals surface area contributed by atoms with Crippen molar-refractivity contribution in [1.82, 2.24) is 14.3 Å². The van der Waals surface area contributed by atoms with Gasteiger partial charge in [0.2, 0.25) is 11.9 Å². The Morgan fingerprint density at radius 2 is 1.77 bits per heavy atom. The van der Waals surface area contributed by atoms with Gasteiger partial charge in [0.1, 0.15) is 11.3 Å². The van der Waals surface area contributed by atoms with Gasteiger partial charge in [-0.1, -0.05) is 35.3 Å². The molecule has 0 aliphatic carbocycles. The third-order valence-corrected chi connectivity index (χ3v) is 7.85. The number of hydrogen-bond donors (Lipinski definition) is 2. The van der Waals surface area contributed by atoms with Crippen molar-refractivity contribution in [3.8, 4) is 5.75 Å². The average Bonchev–Trinajstić information content (AvgIpc) is 3.32. The van der Waals surface area contributed by atoms with Crippen molar-refractivity contribution in [3.05, 3.63) is 64.3 Å². The fraction of sp³-hybridized carbons (Fsp3) is 0.261. The van der Waals surface area contributed by atoms with Gasteiger partial charge in [-0.25, -0.2) is 18.3 Å². The lowest BCUT2D eigenvalue weighted by Crippen LogP contribution is -2.45. The molecule has 2 atom stereocenters. The van der Waals surface area contributed by atoms with Crippen LogP contribution in [0.2, 0.25) is 10.0 Å². The highest BCUT2D eigenvalue weighted by atomic mass is 35.5. The first-order valence-corrected chi connectivity index (χ1v) is 13.3. The summed E-state index contributed by atoms with van der Waals surface area (Å²) in [6.07, 6.45) is -4.05.